The number of hydrogen-bond acceptors (Lipinski definition) is 4. The Labute approximate surface area is 203 Å². The number of ether oxygens (including phenoxy) is 2. The van der Waals surface area contributed by atoms with Gasteiger partial charge in [0.1, 0.15) is 12.1 Å². The van der Waals surface area contributed by atoms with E-state index in [1.807, 2.05) is 61.5 Å². The SMILES string of the molecule is COc1cc(C(=O)N(CC(=O)O)Cc2ccccc2)cc2c1O[C@@](C)(Cc1ccc(Cl)cc1)C2. The van der Waals surface area contributed by atoms with Crippen LogP contribution in [-0.4, -0.2) is 41.1 Å². The minimum Gasteiger partial charge on any atom is -0.493 e. The number of rotatable bonds is 8. The van der Waals surface area contributed by atoms with Crippen molar-refractivity contribution in [2.24, 2.45) is 0 Å². The van der Waals surface area contributed by atoms with Gasteiger partial charge in [0.25, 0.3) is 5.91 Å². The largest absolute Gasteiger partial charge is 0.493 e. The first-order valence-corrected chi connectivity index (χ1v) is 11.3. The van der Waals surface area contributed by atoms with Crippen molar-refractivity contribution in [2.75, 3.05) is 13.7 Å². The Balaban J connectivity index is 1.60. The summed E-state index contributed by atoms with van der Waals surface area (Å²) >= 11 is 6.01. The lowest BCUT2D eigenvalue weighted by atomic mass is 9.91. The molecule has 0 fully saturated rings. The lowest BCUT2D eigenvalue weighted by molar-refractivity contribution is -0.137. The molecule has 0 aliphatic carbocycles. The molecule has 1 amide bonds. The molecule has 1 aliphatic heterocycles. The van der Waals surface area contributed by atoms with Gasteiger partial charge < -0.3 is 19.5 Å². The number of hydrogen-bond donors (Lipinski definition) is 1. The third-order valence-corrected chi connectivity index (χ3v) is 6.08. The molecule has 0 saturated heterocycles. The van der Waals surface area contributed by atoms with Gasteiger partial charge in [-0.3, -0.25) is 9.59 Å². The molecule has 6 nitrogen and oxygen atoms in total. The molecule has 0 unspecified atom stereocenters. The zero-order valence-corrected chi connectivity index (χ0v) is 19.8. The number of fused-ring (bicyclic) bond motifs is 1. The molecule has 176 valence electrons. The van der Waals surface area contributed by atoms with Crippen molar-refractivity contribution in [1.82, 2.24) is 4.90 Å². The van der Waals surface area contributed by atoms with Crippen LogP contribution >= 0.6 is 11.6 Å². The number of methoxy groups -OCH3 is 1. The fraction of sp³-hybridized carbons (Fsp3) is 0.259. The fourth-order valence-corrected chi connectivity index (χ4v) is 4.48. The monoisotopic (exact) mass is 479 g/mol. The predicted octanol–water partition coefficient (Wildman–Crippen LogP) is 5.01. The van der Waals surface area contributed by atoms with Gasteiger partial charge in [0.15, 0.2) is 11.5 Å². The number of nitrogens with zero attached hydrogens (tertiary/aromatic N) is 1. The molecular weight excluding hydrogens is 454 g/mol. The van der Waals surface area contributed by atoms with E-state index in [1.165, 1.54) is 12.0 Å². The lowest BCUT2D eigenvalue weighted by Crippen LogP contribution is -2.35. The standard InChI is InChI=1S/C27H26ClNO5/c1-27(14-18-8-10-22(28)11-9-18)15-21-12-20(13-23(33-2)25(21)34-27)26(32)29(17-24(30)31)16-19-6-4-3-5-7-19/h3-13H,14-17H2,1-2H3,(H,30,31)/t27-/m0/s1. The second kappa shape index (κ2) is 9.77. The average Bonchev–Trinajstić information content (AvgIpc) is 3.15. The predicted molar refractivity (Wildman–Crippen MR) is 130 cm³/mol. The van der Waals surface area contributed by atoms with Crippen molar-refractivity contribution >= 4 is 23.5 Å². The fourth-order valence-electron chi connectivity index (χ4n) is 4.35. The summed E-state index contributed by atoms with van der Waals surface area (Å²) in [5.41, 5.74) is 2.64. The Hall–Kier alpha value is -3.51. The number of benzene rings is 3. The second-order valence-corrected chi connectivity index (χ2v) is 9.18. The van der Waals surface area contributed by atoms with Crippen molar-refractivity contribution in [1.29, 1.82) is 0 Å². The number of carbonyl (C=O) groups excluding carboxylic acids is 1. The first-order chi connectivity index (χ1) is 16.3. The first-order valence-electron chi connectivity index (χ1n) is 11.0. The van der Waals surface area contributed by atoms with E-state index < -0.39 is 18.1 Å². The summed E-state index contributed by atoms with van der Waals surface area (Å²) in [6.07, 6.45) is 1.24. The lowest BCUT2D eigenvalue weighted by Gasteiger charge is -2.24. The van der Waals surface area contributed by atoms with Crippen LogP contribution < -0.4 is 9.47 Å². The quantitative estimate of drug-likeness (QED) is 0.491. The number of carboxylic acids is 1. The number of carbonyl (C=O) groups is 2. The molecule has 7 heteroatoms. The Morgan fingerprint density at radius 3 is 2.44 bits per heavy atom. The number of aliphatic carboxylic acids is 1. The van der Waals surface area contributed by atoms with Crippen molar-refractivity contribution in [3.05, 3.63) is 94.0 Å². The highest BCUT2D eigenvalue weighted by molar-refractivity contribution is 6.30. The molecule has 1 atom stereocenters. The first kappa shape index (κ1) is 23.6. The Morgan fingerprint density at radius 2 is 1.79 bits per heavy atom. The summed E-state index contributed by atoms with van der Waals surface area (Å²) in [5, 5.41) is 10.1. The van der Waals surface area contributed by atoms with Crippen molar-refractivity contribution < 1.29 is 24.2 Å². The van der Waals surface area contributed by atoms with Crippen LogP contribution in [-0.2, 0) is 24.2 Å². The molecule has 0 saturated carbocycles. The van der Waals surface area contributed by atoms with E-state index in [-0.39, 0.29) is 12.5 Å². The highest BCUT2D eigenvalue weighted by Gasteiger charge is 2.38. The van der Waals surface area contributed by atoms with Crippen molar-refractivity contribution in [3.8, 4) is 11.5 Å². The third-order valence-electron chi connectivity index (χ3n) is 5.83. The average molecular weight is 480 g/mol. The number of amides is 1. The van der Waals surface area contributed by atoms with E-state index >= 15 is 0 Å². The highest BCUT2D eigenvalue weighted by Crippen LogP contribution is 2.44. The van der Waals surface area contributed by atoms with Crippen molar-refractivity contribution in [2.45, 2.75) is 31.9 Å². The highest BCUT2D eigenvalue weighted by atomic mass is 35.5. The molecular formula is C27H26ClNO5. The molecule has 4 rings (SSSR count). The third kappa shape index (κ3) is 5.34. The molecule has 0 spiro atoms. The van der Waals surface area contributed by atoms with E-state index in [0.717, 1.165) is 16.7 Å². The van der Waals surface area contributed by atoms with Gasteiger partial charge in [-0.25, -0.2) is 0 Å². The van der Waals surface area contributed by atoms with Gasteiger partial charge in [0.2, 0.25) is 0 Å². The Bertz CT molecular complexity index is 1200. The van der Waals surface area contributed by atoms with Crippen molar-refractivity contribution in [3.63, 3.8) is 0 Å². The Kier molecular flexibility index (Phi) is 6.80. The van der Waals surface area contributed by atoms with Crippen LogP contribution in [0.3, 0.4) is 0 Å². The summed E-state index contributed by atoms with van der Waals surface area (Å²) in [6, 6.07) is 20.4. The van der Waals surface area contributed by atoms with Crippen LogP contribution in [0.25, 0.3) is 0 Å². The smallest absolute Gasteiger partial charge is 0.323 e. The van der Waals surface area contributed by atoms with E-state index in [9.17, 15) is 14.7 Å². The molecule has 3 aromatic rings. The number of carboxylic acid groups (broad SMARTS) is 1. The van der Waals surface area contributed by atoms with E-state index in [0.29, 0.717) is 34.9 Å². The van der Waals surface area contributed by atoms with Crippen LogP contribution in [0.4, 0.5) is 0 Å². The summed E-state index contributed by atoms with van der Waals surface area (Å²) in [4.78, 5) is 26.2. The van der Waals surface area contributed by atoms with E-state index in [2.05, 4.69) is 0 Å². The summed E-state index contributed by atoms with van der Waals surface area (Å²) < 4.78 is 11.9. The zero-order valence-electron chi connectivity index (χ0n) is 19.1. The van der Waals surface area contributed by atoms with Gasteiger partial charge in [-0.15, -0.1) is 0 Å². The normalized spacial score (nSPS) is 16.4. The second-order valence-electron chi connectivity index (χ2n) is 8.74. The maximum atomic E-state index is 13.4. The van der Waals surface area contributed by atoms with Crippen LogP contribution in [0, 0.1) is 0 Å². The van der Waals surface area contributed by atoms with Crippen LogP contribution in [0.2, 0.25) is 5.02 Å². The molecule has 0 bridgehead atoms. The van der Waals surface area contributed by atoms with Gasteiger partial charge in [0.05, 0.1) is 7.11 Å². The molecule has 34 heavy (non-hydrogen) atoms. The number of halogens is 1. The van der Waals surface area contributed by atoms with Gasteiger partial charge in [-0.1, -0.05) is 54.1 Å². The molecule has 1 aliphatic rings. The summed E-state index contributed by atoms with van der Waals surface area (Å²) in [7, 11) is 1.53. The van der Waals surface area contributed by atoms with E-state index in [4.69, 9.17) is 21.1 Å². The maximum absolute atomic E-state index is 13.4. The molecule has 1 heterocycles. The molecule has 3 aromatic carbocycles. The van der Waals surface area contributed by atoms with E-state index in [1.54, 1.807) is 12.1 Å². The summed E-state index contributed by atoms with van der Waals surface area (Å²) in [6.45, 7) is 1.81. The van der Waals surface area contributed by atoms with Crippen LogP contribution in [0.15, 0.2) is 66.7 Å². The molecule has 1 N–H and O–H groups in total. The van der Waals surface area contributed by atoms with Gasteiger partial charge in [-0.2, -0.15) is 0 Å². The van der Waals surface area contributed by atoms with Crippen LogP contribution in [0.5, 0.6) is 11.5 Å². The maximum Gasteiger partial charge on any atom is 0.323 e. The molecule has 0 aromatic heterocycles. The topological polar surface area (TPSA) is 76.1 Å². The Morgan fingerprint density at radius 1 is 1.09 bits per heavy atom. The minimum absolute atomic E-state index is 0.191. The van der Waals surface area contributed by atoms with Gasteiger partial charge >= 0.3 is 5.97 Å². The zero-order chi connectivity index (χ0) is 24.3. The minimum atomic E-state index is -1.07. The van der Waals surface area contributed by atoms with Gasteiger partial charge in [-0.05, 0) is 42.3 Å². The van der Waals surface area contributed by atoms with Gasteiger partial charge in [0, 0.05) is 35.5 Å². The molecule has 0 radical (unpaired) electrons. The summed E-state index contributed by atoms with van der Waals surface area (Å²) in [5.74, 6) is -0.381. The van der Waals surface area contributed by atoms with Crippen LogP contribution in [0.1, 0.15) is 34.0 Å².